The first-order chi connectivity index (χ1) is 17.2. The van der Waals surface area contributed by atoms with Gasteiger partial charge in [0.1, 0.15) is 17.9 Å². The van der Waals surface area contributed by atoms with Gasteiger partial charge in [-0.05, 0) is 49.4 Å². The van der Waals surface area contributed by atoms with Crippen LogP contribution in [0.25, 0.3) is 0 Å². The van der Waals surface area contributed by atoms with Crippen LogP contribution in [0.2, 0.25) is 0 Å². The lowest BCUT2D eigenvalue weighted by Crippen LogP contribution is -2.50. The van der Waals surface area contributed by atoms with Gasteiger partial charge in [0.05, 0.1) is 5.92 Å². The number of amides is 5. The summed E-state index contributed by atoms with van der Waals surface area (Å²) in [5, 5.41) is 5.51. The van der Waals surface area contributed by atoms with E-state index in [-0.39, 0.29) is 17.9 Å². The standard InChI is InChI=1S/C27H31FN4O4/c1-3-22(18-7-5-4-6-8-18)24(34)31-15-13-21(14-16-31)29-23(33)17-32-25(35)27(2,30-26(32)36)19-9-11-20(28)12-10-19/h4-12,21-22H,3,13-17H2,1-2H3,(H,29,33)(H,30,36). The number of urea groups is 1. The number of rotatable bonds is 7. The second-order valence-corrected chi connectivity index (χ2v) is 9.49. The van der Waals surface area contributed by atoms with Crippen molar-refractivity contribution in [2.24, 2.45) is 0 Å². The highest BCUT2D eigenvalue weighted by Crippen LogP contribution is 2.29. The van der Waals surface area contributed by atoms with Gasteiger partial charge in [-0.2, -0.15) is 0 Å². The van der Waals surface area contributed by atoms with E-state index in [0.717, 1.165) is 10.5 Å². The van der Waals surface area contributed by atoms with Crippen LogP contribution >= 0.6 is 0 Å². The third-order valence-corrected chi connectivity index (χ3v) is 7.08. The van der Waals surface area contributed by atoms with Crippen molar-refractivity contribution in [3.63, 3.8) is 0 Å². The van der Waals surface area contributed by atoms with Crippen LogP contribution in [0.4, 0.5) is 9.18 Å². The van der Waals surface area contributed by atoms with E-state index in [1.165, 1.54) is 31.2 Å². The van der Waals surface area contributed by atoms with E-state index in [1.807, 2.05) is 42.2 Å². The maximum atomic E-state index is 13.3. The molecular formula is C27H31FN4O4. The van der Waals surface area contributed by atoms with Crippen LogP contribution in [0.3, 0.4) is 0 Å². The molecule has 0 saturated carbocycles. The van der Waals surface area contributed by atoms with Crippen LogP contribution in [-0.2, 0) is 19.9 Å². The quantitative estimate of drug-likeness (QED) is 0.579. The molecule has 2 N–H and O–H groups in total. The Hall–Kier alpha value is -3.75. The summed E-state index contributed by atoms with van der Waals surface area (Å²) in [6.45, 7) is 4.17. The minimum atomic E-state index is -1.37. The fourth-order valence-electron chi connectivity index (χ4n) is 4.94. The third-order valence-electron chi connectivity index (χ3n) is 7.08. The topological polar surface area (TPSA) is 98.8 Å². The van der Waals surface area contributed by atoms with Crippen LogP contribution < -0.4 is 10.6 Å². The van der Waals surface area contributed by atoms with Gasteiger partial charge in [0.2, 0.25) is 11.8 Å². The Balaban J connectivity index is 1.30. The summed E-state index contributed by atoms with van der Waals surface area (Å²) in [7, 11) is 0. The summed E-state index contributed by atoms with van der Waals surface area (Å²) in [5.41, 5.74) is 0.0652. The molecule has 0 radical (unpaired) electrons. The Labute approximate surface area is 209 Å². The van der Waals surface area contributed by atoms with Gasteiger partial charge in [-0.3, -0.25) is 19.3 Å². The van der Waals surface area contributed by atoms with E-state index in [1.54, 1.807) is 0 Å². The molecule has 0 spiro atoms. The number of carbonyl (C=O) groups excluding carboxylic acids is 4. The minimum Gasteiger partial charge on any atom is -0.352 e. The maximum Gasteiger partial charge on any atom is 0.325 e. The van der Waals surface area contributed by atoms with Crippen LogP contribution in [0.15, 0.2) is 54.6 Å². The monoisotopic (exact) mass is 494 g/mol. The van der Waals surface area contributed by atoms with Crippen molar-refractivity contribution in [1.29, 1.82) is 0 Å². The van der Waals surface area contributed by atoms with Crippen molar-refractivity contribution in [2.45, 2.75) is 50.6 Å². The summed E-state index contributed by atoms with van der Waals surface area (Å²) < 4.78 is 13.3. The highest BCUT2D eigenvalue weighted by molar-refractivity contribution is 6.09. The highest BCUT2D eigenvalue weighted by atomic mass is 19.1. The zero-order valence-electron chi connectivity index (χ0n) is 20.5. The molecule has 2 unspecified atom stereocenters. The molecule has 36 heavy (non-hydrogen) atoms. The van der Waals surface area contributed by atoms with Crippen LogP contribution in [0, 0.1) is 5.82 Å². The second kappa shape index (κ2) is 10.5. The van der Waals surface area contributed by atoms with E-state index in [9.17, 15) is 23.6 Å². The predicted molar refractivity (Wildman–Crippen MR) is 131 cm³/mol. The normalized spacial score (nSPS) is 21.3. The number of hydrogen-bond acceptors (Lipinski definition) is 4. The summed E-state index contributed by atoms with van der Waals surface area (Å²) in [6.07, 6.45) is 1.90. The number of nitrogens with zero attached hydrogens (tertiary/aromatic N) is 2. The average molecular weight is 495 g/mol. The fourth-order valence-corrected chi connectivity index (χ4v) is 4.94. The van der Waals surface area contributed by atoms with Gasteiger partial charge in [0.15, 0.2) is 0 Å². The molecule has 2 heterocycles. The Morgan fingerprint density at radius 1 is 1.08 bits per heavy atom. The van der Waals surface area contributed by atoms with Crippen LogP contribution in [-0.4, -0.2) is 59.2 Å². The Morgan fingerprint density at radius 2 is 1.72 bits per heavy atom. The summed E-state index contributed by atoms with van der Waals surface area (Å²) in [5.74, 6) is -1.56. The molecule has 2 aromatic rings. The molecular weight excluding hydrogens is 463 g/mol. The zero-order chi connectivity index (χ0) is 25.9. The smallest absolute Gasteiger partial charge is 0.325 e. The van der Waals surface area contributed by atoms with Crippen molar-refractivity contribution in [2.75, 3.05) is 19.6 Å². The molecule has 2 saturated heterocycles. The maximum absolute atomic E-state index is 13.3. The van der Waals surface area contributed by atoms with Gasteiger partial charge in [-0.25, -0.2) is 9.18 Å². The molecule has 2 fully saturated rings. The third kappa shape index (κ3) is 5.10. The van der Waals surface area contributed by atoms with Crippen molar-refractivity contribution in [1.82, 2.24) is 20.4 Å². The van der Waals surface area contributed by atoms with Gasteiger partial charge in [-0.15, -0.1) is 0 Å². The number of benzene rings is 2. The summed E-state index contributed by atoms with van der Waals surface area (Å²) in [6, 6.07) is 14.2. The molecule has 2 aliphatic rings. The number of nitrogens with one attached hydrogen (secondary N) is 2. The Morgan fingerprint density at radius 3 is 2.33 bits per heavy atom. The first-order valence-electron chi connectivity index (χ1n) is 12.3. The number of likely N-dealkylation sites (tertiary alicyclic amines) is 1. The van der Waals surface area contributed by atoms with E-state index in [0.29, 0.717) is 37.9 Å². The summed E-state index contributed by atoms with van der Waals surface area (Å²) in [4.78, 5) is 54.0. The molecule has 190 valence electrons. The van der Waals surface area contributed by atoms with E-state index in [4.69, 9.17) is 0 Å². The lowest BCUT2D eigenvalue weighted by molar-refractivity contribution is -0.136. The van der Waals surface area contributed by atoms with Gasteiger partial charge in [-0.1, -0.05) is 49.4 Å². The lowest BCUT2D eigenvalue weighted by Gasteiger charge is -2.34. The fraction of sp³-hybridized carbons (Fsp3) is 0.407. The largest absolute Gasteiger partial charge is 0.352 e. The SMILES string of the molecule is CCC(C(=O)N1CCC(NC(=O)CN2C(=O)NC(C)(c3ccc(F)cc3)C2=O)CC1)c1ccccc1. The second-order valence-electron chi connectivity index (χ2n) is 9.49. The molecule has 4 rings (SSSR count). The first-order valence-corrected chi connectivity index (χ1v) is 12.3. The van der Waals surface area contributed by atoms with Gasteiger partial charge >= 0.3 is 6.03 Å². The minimum absolute atomic E-state index is 0.0906. The van der Waals surface area contributed by atoms with Gasteiger partial charge < -0.3 is 15.5 Å². The average Bonchev–Trinajstić information content (AvgIpc) is 3.09. The van der Waals surface area contributed by atoms with E-state index < -0.39 is 35.7 Å². The highest BCUT2D eigenvalue weighted by Gasteiger charge is 2.49. The van der Waals surface area contributed by atoms with Crippen molar-refractivity contribution < 1.29 is 23.6 Å². The molecule has 2 atom stereocenters. The van der Waals surface area contributed by atoms with Crippen molar-refractivity contribution in [3.8, 4) is 0 Å². The van der Waals surface area contributed by atoms with Crippen LogP contribution in [0.5, 0.6) is 0 Å². The molecule has 5 amide bonds. The van der Waals surface area contributed by atoms with Gasteiger partial charge in [0.25, 0.3) is 5.91 Å². The molecule has 0 bridgehead atoms. The van der Waals surface area contributed by atoms with Crippen LogP contribution in [0.1, 0.15) is 50.2 Å². The molecule has 0 aliphatic carbocycles. The number of imide groups is 1. The van der Waals surface area contributed by atoms with Gasteiger partial charge in [0, 0.05) is 19.1 Å². The molecule has 9 heteroatoms. The first kappa shape index (κ1) is 25.3. The number of carbonyl (C=O) groups is 4. The number of halogens is 1. The Bertz CT molecular complexity index is 1130. The van der Waals surface area contributed by atoms with Crippen molar-refractivity contribution >= 4 is 23.8 Å². The molecule has 8 nitrogen and oxygen atoms in total. The van der Waals surface area contributed by atoms with E-state index in [2.05, 4.69) is 10.6 Å². The molecule has 0 aromatic heterocycles. The van der Waals surface area contributed by atoms with E-state index >= 15 is 0 Å². The molecule has 2 aliphatic heterocycles. The molecule has 2 aromatic carbocycles. The Kier molecular flexibility index (Phi) is 7.37. The van der Waals surface area contributed by atoms with Crippen molar-refractivity contribution in [3.05, 3.63) is 71.5 Å². The lowest BCUT2D eigenvalue weighted by atomic mass is 9.92. The number of piperidine rings is 1. The number of hydrogen-bond donors (Lipinski definition) is 2. The summed E-state index contributed by atoms with van der Waals surface area (Å²) >= 11 is 0. The zero-order valence-corrected chi connectivity index (χ0v) is 20.5. The predicted octanol–water partition coefficient (Wildman–Crippen LogP) is 2.89.